The molecule has 2 aromatic carbocycles. The number of hydrogen-bond donors (Lipinski definition) is 3. The molecule has 0 heterocycles. The Balaban J connectivity index is 2.02. The highest BCUT2D eigenvalue weighted by Crippen LogP contribution is 2.09. The van der Waals surface area contributed by atoms with Crippen molar-refractivity contribution in [3.63, 3.8) is 0 Å². The third-order valence-electron chi connectivity index (χ3n) is 4.38. The lowest BCUT2D eigenvalue weighted by Gasteiger charge is -2.19. The highest BCUT2D eigenvalue weighted by molar-refractivity contribution is 7.98. The minimum Gasteiger partial charge on any atom is -0.350 e. The van der Waals surface area contributed by atoms with Gasteiger partial charge < -0.3 is 15.5 Å². The maximum absolute atomic E-state index is 12.8. The number of rotatable bonds is 10. The summed E-state index contributed by atoms with van der Waals surface area (Å²) < 4.78 is 0. The number of amides is 2. The van der Waals surface area contributed by atoms with Crippen LogP contribution in [0.4, 0.5) is 0 Å². The normalized spacial score (nSPS) is 11.9. The van der Waals surface area contributed by atoms with Gasteiger partial charge in [-0.15, -0.1) is 0 Å². The Morgan fingerprint density at radius 3 is 2.29 bits per heavy atom. The molecule has 28 heavy (non-hydrogen) atoms. The van der Waals surface area contributed by atoms with E-state index in [9.17, 15) is 9.59 Å². The van der Waals surface area contributed by atoms with E-state index in [1.165, 1.54) is 10.5 Å². The fourth-order valence-electron chi connectivity index (χ4n) is 2.92. The quantitative estimate of drug-likeness (QED) is 0.566. The van der Waals surface area contributed by atoms with Gasteiger partial charge in [-0.3, -0.25) is 9.59 Å². The van der Waals surface area contributed by atoms with Crippen molar-refractivity contribution in [2.24, 2.45) is 0 Å². The van der Waals surface area contributed by atoms with E-state index in [4.69, 9.17) is 0 Å². The minimum absolute atomic E-state index is 0.148. The number of thioether (sulfide) groups is 1. The van der Waals surface area contributed by atoms with Gasteiger partial charge >= 0.3 is 0 Å². The summed E-state index contributed by atoms with van der Waals surface area (Å²) >= 11 is 1.66. The van der Waals surface area contributed by atoms with Crippen molar-refractivity contribution in [2.75, 3.05) is 26.1 Å². The maximum Gasteiger partial charge on any atom is 0.251 e. The predicted molar refractivity (Wildman–Crippen MR) is 115 cm³/mol. The van der Waals surface area contributed by atoms with Crippen molar-refractivity contribution >= 4 is 23.6 Å². The lowest BCUT2D eigenvalue weighted by atomic mass is 10.1. The van der Waals surface area contributed by atoms with E-state index < -0.39 is 6.04 Å². The van der Waals surface area contributed by atoms with Crippen LogP contribution in [0, 0.1) is 0 Å². The summed E-state index contributed by atoms with van der Waals surface area (Å²) in [5.41, 5.74) is 2.88. The highest BCUT2D eigenvalue weighted by atomic mass is 32.2. The van der Waals surface area contributed by atoms with Crippen LogP contribution in [0.3, 0.4) is 0 Å². The molecule has 1 atom stereocenters. The average Bonchev–Trinajstić information content (AvgIpc) is 2.70. The lowest BCUT2D eigenvalue weighted by molar-refractivity contribution is -0.872. The average molecular weight is 401 g/mol. The molecule has 0 bridgehead atoms. The lowest BCUT2D eigenvalue weighted by Crippen LogP contribution is -3.04. The smallest absolute Gasteiger partial charge is 0.251 e. The highest BCUT2D eigenvalue weighted by Gasteiger charge is 2.21. The molecule has 0 unspecified atom stereocenters. The van der Waals surface area contributed by atoms with Crippen LogP contribution < -0.4 is 15.5 Å². The van der Waals surface area contributed by atoms with Crippen LogP contribution in [0.25, 0.3) is 0 Å². The molecule has 2 aromatic rings. The monoisotopic (exact) mass is 400 g/mol. The number of nitrogens with one attached hydrogen (secondary N) is 3. The zero-order valence-corrected chi connectivity index (χ0v) is 17.6. The predicted octanol–water partition coefficient (Wildman–Crippen LogP) is 1.50. The van der Waals surface area contributed by atoms with Crippen LogP contribution in [0.2, 0.25) is 0 Å². The Morgan fingerprint density at radius 2 is 1.64 bits per heavy atom. The Bertz CT molecular complexity index is 765. The van der Waals surface area contributed by atoms with Crippen LogP contribution in [-0.2, 0) is 17.9 Å². The zero-order valence-electron chi connectivity index (χ0n) is 16.8. The molecule has 0 saturated carbocycles. The third-order valence-corrected chi connectivity index (χ3v) is 5.03. The van der Waals surface area contributed by atoms with Gasteiger partial charge in [0.2, 0.25) is 5.91 Å². The second-order valence-electron chi connectivity index (χ2n) is 7.04. The Labute approximate surface area is 171 Å². The third kappa shape index (κ3) is 7.02. The minimum atomic E-state index is -0.549. The second-order valence-corrected chi connectivity index (χ2v) is 8.03. The van der Waals surface area contributed by atoms with Crippen molar-refractivity contribution in [3.05, 3.63) is 71.3 Å². The van der Waals surface area contributed by atoms with Gasteiger partial charge in [0.1, 0.15) is 12.6 Å². The first-order valence-electron chi connectivity index (χ1n) is 9.49. The maximum atomic E-state index is 12.8. The summed E-state index contributed by atoms with van der Waals surface area (Å²) in [7, 11) is 4.21. The van der Waals surface area contributed by atoms with E-state index in [1.54, 1.807) is 23.9 Å². The summed E-state index contributed by atoms with van der Waals surface area (Å²) in [5, 5.41) is 5.89. The molecule has 0 radical (unpaired) electrons. The topological polar surface area (TPSA) is 62.6 Å². The van der Waals surface area contributed by atoms with Crippen LogP contribution in [0.5, 0.6) is 0 Å². The molecule has 150 valence electrons. The number of quaternary nitrogens is 1. The molecule has 2 amide bonds. The van der Waals surface area contributed by atoms with Gasteiger partial charge in [0, 0.05) is 17.7 Å². The summed E-state index contributed by atoms with van der Waals surface area (Å²) in [6, 6.07) is 16.6. The SMILES string of the molecule is CSCC[C@@H](NC(=O)c1ccccc1)C(=O)NCc1ccccc1C[NH+](C)C. The zero-order chi connectivity index (χ0) is 20.4. The molecule has 5 nitrogen and oxygen atoms in total. The van der Waals surface area contributed by atoms with E-state index in [1.807, 2.05) is 42.7 Å². The fourth-order valence-corrected chi connectivity index (χ4v) is 3.40. The molecular formula is C22H30N3O2S+. The first kappa shape index (κ1) is 22.0. The van der Waals surface area contributed by atoms with Gasteiger partial charge in [-0.05, 0) is 36.1 Å². The van der Waals surface area contributed by atoms with Gasteiger partial charge in [0.15, 0.2) is 0 Å². The fraction of sp³-hybridized carbons (Fsp3) is 0.364. The van der Waals surface area contributed by atoms with Crippen LogP contribution in [0.15, 0.2) is 54.6 Å². The van der Waals surface area contributed by atoms with Gasteiger partial charge in [0.25, 0.3) is 5.91 Å². The largest absolute Gasteiger partial charge is 0.350 e. The standard InChI is InChI=1S/C22H29N3O2S/c1-25(2)16-19-12-8-7-11-18(19)15-23-22(27)20(13-14-28-3)24-21(26)17-9-5-4-6-10-17/h4-12,20H,13-16H2,1-3H3,(H,23,27)(H,24,26)/p+1/t20-/m1/s1. The summed E-state index contributed by atoms with van der Waals surface area (Å²) in [6.45, 7) is 1.35. The molecule has 0 aromatic heterocycles. The first-order valence-corrected chi connectivity index (χ1v) is 10.9. The molecule has 0 saturated heterocycles. The molecule has 3 N–H and O–H groups in total. The van der Waals surface area contributed by atoms with Gasteiger partial charge in [0.05, 0.1) is 14.1 Å². The molecule has 0 aliphatic carbocycles. The van der Waals surface area contributed by atoms with Crippen molar-refractivity contribution in [3.8, 4) is 0 Å². The number of hydrogen-bond acceptors (Lipinski definition) is 3. The van der Waals surface area contributed by atoms with Gasteiger partial charge in [-0.25, -0.2) is 0 Å². The van der Waals surface area contributed by atoms with E-state index in [0.717, 1.165) is 17.9 Å². The van der Waals surface area contributed by atoms with E-state index >= 15 is 0 Å². The first-order chi connectivity index (χ1) is 13.5. The van der Waals surface area contributed by atoms with Gasteiger partial charge in [-0.1, -0.05) is 42.5 Å². The Kier molecular flexibility index (Phi) is 9.04. The number of benzene rings is 2. The van der Waals surface area contributed by atoms with Crippen molar-refractivity contribution < 1.29 is 14.5 Å². The van der Waals surface area contributed by atoms with E-state index in [-0.39, 0.29) is 11.8 Å². The summed E-state index contributed by atoms with van der Waals surface area (Å²) in [5.74, 6) is 0.428. The molecule has 6 heteroatoms. The molecular weight excluding hydrogens is 370 g/mol. The van der Waals surface area contributed by atoms with Crippen molar-refractivity contribution in [1.29, 1.82) is 0 Å². The molecule has 2 rings (SSSR count). The second kappa shape index (κ2) is 11.5. The van der Waals surface area contributed by atoms with Crippen molar-refractivity contribution in [2.45, 2.75) is 25.6 Å². The van der Waals surface area contributed by atoms with Gasteiger partial charge in [-0.2, -0.15) is 11.8 Å². The molecule has 0 fully saturated rings. The van der Waals surface area contributed by atoms with Crippen LogP contribution >= 0.6 is 11.8 Å². The molecule has 0 aliphatic rings. The Hall–Kier alpha value is -2.31. The van der Waals surface area contributed by atoms with E-state index in [0.29, 0.717) is 18.5 Å². The summed E-state index contributed by atoms with van der Waals surface area (Å²) in [6.07, 6.45) is 2.59. The van der Waals surface area contributed by atoms with Crippen LogP contribution in [0.1, 0.15) is 27.9 Å². The van der Waals surface area contributed by atoms with E-state index in [2.05, 4.69) is 30.8 Å². The number of carbonyl (C=O) groups is 2. The summed E-state index contributed by atoms with van der Waals surface area (Å²) in [4.78, 5) is 26.6. The molecule has 0 spiro atoms. The van der Waals surface area contributed by atoms with Crippen molar-refractivity contribution in [1.82, 2.24) is 10.6 Å². The Morgan fingerprint density at radius 1 is 1.00 bits per heavy atom. The van der Waals surface area contributed by atoms with Crippen LogP contribution in [-0.4, -0.2) is 44.0 Å². The number of carbonyl (C=O) groups excluding carboxylic acids is 2. The molecule has 0 aliphatic heterocycles.